The molecule has 1 N–H and O–H groups in total. The van der Waals surface area contributed by atoms with Crippen molar-refractivity contribution in [2.24, 2.45) is 5.10 Å². The van der Waals surface area contributed by atoms with Crippen molar-refractivity contribution in [3.63, 3.8) is 0 Å². The molecule has 1 aliphatic rings. The number of carbonyl (C=O) groups excluding carboxylic acids is 2. The molecule has 0 aliphatic carbocycles. The van der Waals surface area contributed by atoms with E-state index in [1.807, 2.05) is 19.9 Å². The summed E-state index contributed by atoms with van der Waals surface area (Å²) >= 11 is 0. The Bertz CT molecular complexity index is 890. The molecule has 0 spiro atoms. The summed E-state index contributed by atoms with van der Waals surface area (Å²) in [7, 11) is 0. The number of ether oxygens (including phenoxy) is 1. The minimum absolute atomic E-state index is 0.00456. The summed E-state index contributed by atoms with van der Waals surface area (Å²) in [5.41, 5.74) is 0.324. The second-order valence-corrected chi connectivity index (χ2v) is 6.42. The van der Waals surface area contributed by atoms with E-state index in [-0.39, 0.29) is 25.3 Å². The molecule has 1 aromatic heterocycles. The van der Waals surface area contributed by atoms with Crippen LogP contribution < -0.4 is 0 Å². The van der Waals surface area contributed by atoms with Gasteiger partial charge < -0.3 is 9.84 Å². The number of benzene rings is 1. The number of aryl methyl sites for hydroxylation is 2. The van der Waals surface area contributed by atoms with Gasteiger partial charge in [-0.15, -0.1) is 0 Å². The minimum atomic E-state index is -1.75. The number of esters is 1. The van der Waals surface area contributed by atoms with Crippen molar-refractivity contribution in [2.45, 2.75) is 39.5 Å². The molecule has 0 saturated heterocycles. The topological polar surface area (TPSA) is 97.0 Å². The van der Waals surface area contributed by atoms with E-state index in [0.29, 0.717) is 5.56 Å². The molecule has 27 heavy (non-hydrogen) atoms. The van der Waals surface area contributed by atoms with Crippen molar-refractivity contribution in [1.29, 1.82) is 0 Å². The monoisotopic (exact) mass is 370 g/mol. The third-order valence-corrected chi connectivity index (χ3v) is 4.36. The fraction of sp³-hybridized carbons (Fsp3) is 0.368. The van der Waals surface area contributed by atoms with Crippen LogP contribution in [0.15, 0.2) is 41.5 Å². The number of rotatable bonds is 5. The van der Waals surface area contributed by atoms with E-state index in [2.05, 4.69) is 10.2 Å². The van der Waals surface area contributed by atoms with Crippen LogP contribution in [0.1, 0.15) is 30.3 Å². The fourth-order valence-corrected chi connectivity index (χ4v) is 3.10. The third kappa shape index (κ3) is 3.61. The molecule has 2 aromatic rings. The van der Waals surface area contributed by atoms with Crippen LogP contribution in [0.2, 0.25) is 0 Å². The molecule has 1 amide bonds. The molecular weight excluding hydrogens is 348 g/mol. The quantitative estimate of drug-likeness (QED) is 0.805. The smallest absolute Gasteiger partial charge is 0.354 e. The summed E-state index contributed by atoms with van der Waals surface area (Å²) in [6.07, 6.45) is -0.140. The van der Waals surface area contributed by atoms with Crippen molar-refractivity contribution in [3.8, 4) is 0 Å². The third-order valence-electron chi connectivity index (χ3n) is 4.36. The number of hydrogen-bond acceptors (Lipinski definition) is 6. The Kier molecular flexibility index (Phi) is 5.09. The van der Waals surface area contributed by atoms with E-state index < -0.39 is 17.6 Å². The average molecular weight is 370 g/mol. The second kappa shape index (κ2) is 7.32. The molecule has 1 aromatic carbocycles. The first-order chi connectivity index (χ1) is 12.8. The number of carbonyl (C=O) groups is 2. The zero-order chi connectivity index (χ0) is 19.6. The van der Waals surface area contributed by atoms with Crippen LogP contribution in [-0.4, -0.2) is 44.1 Å². The van der Waals surface area contributed by atoms with Crippen molar-refractivity contribution in [3.05, 3.63) is 53.3 Å². The van der Waals surface area contributed by atoms with E-state index in [4.69, 9.17) is 4.74 Å². The standard InChI is InChI=1S/C19H22N4O4/c1-4-27-18(25)16-11-19(26,15-8-6-5-7-9-15)23(21-16)17(24)12-22-14(3)10-13(2)20-22/h5-10,26H,4,11-12H2,1-3H3/t19-/m1/s1. The highest BCUT2D eigenvalue weighted by Crippen LogP contribution is 2.35. The normalized spacial score (nSPS) is 19.1. The molecule has 0 bridgehead atoms. The van der Waals surface area contributed by atoms with Crippen molar-refractivity contribution < 1.29 is 19.4 Å². The molecule has 0 radical (unpaired) electrons. The highest BCUT2D eigenvalue weighted by atomic mass is 16.5. The van der Waals surface area contributed by atoms with E-state index in [9.17, 15) is 14.7 Å². The summed E-state index contributed by atoms with van der Waals surface area (Å²) in [4.78, 5) is 25.1. The van der Waals surface area contributed by atoms with Gasteiger partial charge in [-0.2, -0.15) is 15.2 Å². The van der Waals surface area contributed by atoms with Crippen molar-refractivity contribution in [2.75, 3.05) is 6.61 Å². The number of aromatic nitrogens is 2. The Hall–Kier alpha value is -3.00. The van der Waals surface area contributed by atoms with Gasteiger partial charge in [-0.05, 0) is 26.8 Å². The van der Waals surface area contributed by atoms with Crippen LogP contribution in [0, 0.1) is 13.8 Å². The largest absolute Gasteiger partial charge is 0.461 e. The molecule has 2 heterocycles. The van der Waals surface area contributed by atoms with Crippen LogP contribution in [-0.2, 0) is 26.6 Å². The predicted molar refractivity (Wildman–Crippen MR) is 97.6 cm³/mol. The summed E-state index contributed by atoms with van der Waals surface area (Å²) in [5.74, 6) is -1.12. The minimum Gasteiger partial charge on any atom is -0.461 e. The first-order valence-electron chi connectivity index (χ1n) is 8.71. The van der Waals surface area contributed by atoms with Crippen LogP contribution in [0.25, 0.3) is 0 Å². The second-order valence-electron chi connectivity index (χ2n) is 6.42. The van der Waals surface area contributed by atoms with Gasteiger partial charge in [0.2, 0.25) is 0 Å². The van der Waals surface area contributed by atoms with Gasteiger partial charge in [-0.3, -0.25) is 9.48 Å². The molecule has 3 rings (SSSR count). The molecule has 0 saturated carbocycles. The lowest BCUT2D eigenvalue weighted by molar-refractivity contribution is -0.158. The number of hydrogen-bond donors (Lipinski definition) is 1. The van der Waals surface area contributed by atoms with Crippen LogP contribution >= 0.6 is 0 Å². The zero-order valence-electron chi connectivity index (χ0n) is 15.5. The molecular formula is C19H22N4O4. The lowest BCUT2D eigenvalue weighted by Gasteiger charge is -2.31. The summed E-state index contributed by atoms with van der Waals surface area (Å²) in [6.45, 7) is 5.44. The van der Waals surface area contributed by atoms with Crippen molar-refractivity contribution in [1.82, 2.24) is 14.8 Å². The summed E-state index contributed by atoms with van der Waals surface area (Å²) in [5, 5.41) is 20.6. The van der Waals surface area contributed by atoms with Gasteiger partial charge in [0.15, 0.2) is 11.4 Å². The molecule has 1 aliphatic heterocycles. The van der Waals surface area contributed by atoms with Gasteiger partial charge in [0.25, 0.3) is 5.91 Å². The predicted octanol–water partition coefficient (Wildman–Crippen LogP) is 1.50. The molecule has 8 heteroatoms. The number of aliphatic hydroxyl groups is 1. The summed E-state index contributed by atoms with van der Waals surface area (Å²) in [6, 6.07) is 10.5. The van der Waals surface area contributed by atoms with E-state index in [1.54, 1.807) is 41.9 Å². The lowest BCUT2D eigenvalue weighted by atomic mass is 9.97. The van der Waals surface area contributed by atoms with Crippen LogP contribution in [0.5, 0.6) is 0 Å². The van der Waals surface area contributed by atoms with Crippen molar-refractivity contribution >= 4 is 17.6 Å². The van der Waals surface area contributed by atoms with Gasteiger partial charge in [0.1, 0.15) is 6.54 Å². The molecule has 8 nitrogen and oxygen atoms in total. The Balaban J connectivity index is 1.94. The Labute approximate surface area is 157 Å². The van der Waals surface area contributed by atoms with E-state index in [0.717, 1.165) is 16.4 Å². The lowest BCUT2D eigenvalue weighted by Crippen LogP contribution is -2.45. The fourth-order valence-electron chi connectivity index (χ4n) is 3.10. The Morgan fingerprint density at radius 3 is 2.56 bits per heavy atom. The summed E-state index contributed by atoms with van der Waals surface area (Å²) < 4.78 is 6.53. The zero-order valence-corrected chi connectivity index (χ0v) is 15.5. The number of hydrazone groups is 1. The maximum atomic E-state index is 12.9. The van der Waals surface area contributed by atoms with Gasteiger partial charge >= 0.3 is 5.97 Å². The highest BCUT2D eigenvalue weighted by Gasteiger charge is 2.48. The maximum Gasteiger partial charge on any atom is 0.354 e. The van der Waals surface area contributed by atoms with Crippen LogP contribution in [0.3, 0.4) is 0 Å². The van der Waals surface area contributed by atoms with Gasteiger partial charge in [0.05, 0.1) is 18.7 Å². The highest BCUT2D eigenvalue weighted by molar-refractivity contribution is 6.37. The molecule has 0 unspecified atom stereocenters. The molecule has 142 valence electrons. The molecule has 0 fully saturated rings. The maximum absolute atomic E-state index is 12.9. The first-order valence-corrected chi connectivity index (χ1v) is 8.71. The molecule has 1 atom stereocenters. The number of amides is 1. The van der Waals surface area contributed by atoms with E-state index in [1.165, 1.54) is 0 Å². The Morgan fingerprint density at radius 2 is 1.96 bits per heavy atom. The van der Waals surface area contributed by atoms with Crippen LogP contribution in [0.4, 0.5) is 0 Å². The average Bonchev–Trinajstić information content (AvgIpc) is 3.16. The van der Waals surface area contributed by atoms with Gasteiger partial charge in [0, 0.05) is 11.3 Å². The van der Waals surface area contributed by atoms with Gasteiger partial charge in [-0.25, -0.2) is 4.79 Å². The van der Waals surface area contributed by atoms with Gasteiger partial charge in [-0.1, -0.05) is 30.3 Å². The number of nitrogens with zero attached hydrogens (tertiary/aromatic N) is 4. The SMILES string of the molecule is CCOC(=O)C1=NN(C(=O)Cn2nc(C)cc2C)[C@](O)(c2ccccc2)C1. The Morgan fingerprint density at radius 1 is 1.26 bits per heavy atom. The first kappa shape index (κ1) is 18.8. The van der Waals surface area contributed by atoms with E-state index >= 15 is 0 Å².